The van der Waals surface area contributed by atoms with Crippen LogP contribution in [0.5, 0.6) is 0 Å². The molecule has 0 saturated carbocycles. The van der Waals surface area contributed by atoms with Crippen LogP contribution in [0.1, 0.15) is 50.1 Å². The van der Waals surface area contributed by atoms with Gasteiger partial charge in [0.15, 0.2) is 0 Å². The van der Waals surface area contributed by atoms with Crippen molar-refractivity contribution in [2.45, 2.75) is 52.1 Å². The molecule has 1 aromatic heterocycles. The van der Waals surface area contributed by atoms with Gasteiger partial charge in [-0.2, -0.15) is 0 Å². The molecule has 21 heavy (non-hydrogen) atoms. The van der Waals surface area contributed by atoms with Crippen LogP contribution in [0, 0.1) is 6.92 Å². The lowest BCUT2D eigenvalue weighted by Gasteiger charge is -2.48. The highest BCUT2D eigenvalue weighted by atomic mass is 32.1. The number of thiophene rings is 1. The second-order valence-corrected chi connectivity index (χ2v) is 7.25. The third-order valence-electron chi connectivity index (χ3n) is 4.88. The summed E-state index contributed by atoms with van der Waals surface area (Å²) < 4.78 is 5.55. The molecule has 1 N–H and O–H groups in total. The first-order chi connectivity index (χ1) is 10.1. The maximum atomic E-state index is 5.55. The lowest BCUT2D eigenvalue weighted by Crippen LogP contribution is -2.57. The molecule has 1 aromatic rings. The average Bonchev–Trinajstić information content (AvgIpc) is 2.94. The topological polar surface area (TPSA) is 24.5 Å². The number of nitrogens with one attached hydrogen (secondary N) is 1. The van der Waals surface area contributed by atoms with E-state index in [0.717, 1.165) is 39.3 Å². The normalized spacial score (nSPS) is 21.1. The molecule has 2 unspecified atom stereocenters. The van der Waals surface area contributed by atoms with Crippen LogP contribution in [-0.2, 0) is 4.74 Å². The van der Waals surface area contributed by atoms with Crippen LogP contribution in [0.15, 0.2) is 11.4 Å². The zero-order valence-corrected chi connectivity index (χ0v) is 14.8. The lowest BCUT2D eigenvalue weighted by molar-refractivity contribution is -0.0328. The van der Waals surface area contributed by atoms with E-state index in [9.17, 15) is 0 Å². The van der Waals surface area contributed by atoms with Crippen molar-refractivity contribution in [2.24, 2.45) is 0 Å². The maximum absolute atomic E-state index is 5.55. The van der Waals surface area contributed by atoms with Crippen molar-refractivity contribution in [3.8, 4) is 0 Å². The minimum absolute atomic E-state index is 0.144. The van der Waals surface area contributed by atoms with Gasteiger partial charge in [-0.15, -0.1) is 11.3 Å². The molecule has 2 atom stereocenters. The van der Waals surface area contributed by atoms with Crippen molar-refractivity contribution < 1.29 is 4.74 Å². The van der Waals surface area contributed by atoms with Gasteiger partial charge in [0.25, 0.3) is 0 Å². The molecule has 3 nitrogen and oxygen atoms in total. The van der Waals surface area contributed by atoms with E-state index in [1.54, 1.807) is 0 Å². The van der Waals surface area contributed by atoms with Crippen molar-refractivity contribution in [1.82, 2.24) is 10.2 Å². The zero-order chi connectivity index (χ0) is 15.3. The molecule has 2 rings (SSSR count). The van der Waals surface area contributed by atoms with Gasteiger partial charge in [0.2, 0.25) is 0 Å². The molecular weight excluding hydrogens is 280 g/mol. The van der Waals surface area contributed by atoms with Crippen molar-refractivity contribution in [2.75, 3.05) is 32.8 Å². The molecule has 1 aliphatic rings. The Labute approximate surface area is 133 Å². The van der Waals surface area contributed by atoms with E-state index >= 15 is 0 Å². The van der Waals surface area contributed by atoms with Gasteiger partial charge < -0.3 is 10.1 Å². The summed E-state index contributed by atoms with van der Waals surface area (Å²) in [6, 6.07) is 2.70. The third-order valence-corrected chi connectivity index (χ3v) is 5.74. The van der Waals surface area contributed by atoms with Gasteiger partial charge in [-0.1, -0.05) is 13.8 Å². The van der Waals surface area contributed by atoms with Crippen LogP contribution in [0.4, 0.5) is 0 Å². The summed E-state index contributed by atoms with van der Waals surface area (Å²) in [5.41, 5.74) is 1.62. The molecule has 2 heterocycles. The minimum Gasteiger partial charge on any atom is -0.379 e. The molecule has 0 radical (unpaired) electrons. The predicted molar refractivity (Wildman–Crippen MR) is 91.2 cm³/mol. The van der Waals surface area contributed by atoms with Gasteiger partial charge in [0.05, 0.1) is 19.3 Å². The quantitative estimate of drug-likeness (QED) is 0.833. The number of hydrogen-bond acceptors (Lipinski definition) is 4. The van der Waals surface area contributed by atoms with E-state index < -0.39 is 0 Å². The van der Waals surface area contributed by atoms with Crippen LogP contribution in [0.3, 0.4) is 0 Å². The smallest absolute Gasteiger partial charge is 0.0594 e. The van der Waals surface area contributed by atoms with Gasteiger partial charge in [0.1, 0.15) is 0 Å². The second kappa shape index (κ2) is 7.73. The van der Waals surface area contributed by atoms with E-state index in [0.29, 0.717) is 6.04 Å². The summed E-state index contributed by atoms with van der Waals surface area (Å²) in [7, 11) is 0. The van der Waals surface area contributed by atoms with E-state index in [2.05, 4.69) is 49.4 Å². The van der Waals surface area contributed by atoms with Gasteiger partial charge >= 0.3 is 0 Å². The second-order valence-electron chi connectivity index (χ2n) is 6.13. The monoisotopic (exact) mass is 310 g/mol. The molecule has 120 valence electrons. The first kappa shape index (κ1) is 16.9. The van der Waals surface area contributed by atoms with Gasteiger partial charge in [-0.25, -0.2) is 0 Å². The molecule has 0 amide bonds. The predicted octanol–water partition coefficient (Wildman–Crippen LogP) is 3.60. The summed E-state index contributed by atoms with van der Waals surface area (Å²) in [5.74, 6) is 0. The van der Waals surface area contributed by atoms with E-state index in [4.69, 9.17) is 4.74 Å². The number of rotatable bonds is 7. The zero-order valence-electron chi connectivity index (χ0n) is 13.9. The van der Waals surface area contributed by atoms with Gasteiger partial charge in [0, 0.05) is 23.5 Å². The average molecular weight is 311 g/mol. The first-order valence-corrected chi connectivity index (χ1v) is 9.11. The summed E-state index contributed by atoms with van der Waals surface area (Å²) in [6.45, 7) is 14.1. The van der Waals surface area contributed by atoms with Crippen molar-refractivity contribution in [3.63, 3.8) is 0 Å². The fraction of sp³-hybridized carbons (Fsp3) is 0.765. The number of nitrogens with zero attached hydrogens (tertiary/aromatic N) is 1. The van der Waals surface area contributed by atoms with Crippen LogP contribution in [-0.4, -0.2) is 43.3 Å². The van der Waals surface area contributed by atoms with Crippen LogP contribution >= 0.6 is 11.3 Å². The molecule has 1 saturated heterocycles. The van der Waals surface area contributed by atoms with E-state index in [-0.39, 0.29) is 5.54 Å². The summed E-state index contributed by atoms with van der Waals surface area (Å²) >= 11 is 1.86. The highest BCUT2D eigenvalue weighted by Gasteiger charge is 2.40. The molecular formula is C17H30N2OS. The molecule has 1 aliphatic heterocycles. The third kappa shape index (κ3) is 3.67. The Balaban J connectivity index is 2.29. The Kier molecular flexibility index (Phi) is 6.23. The number of morpholine rings is 1. The number of hydrogen-bond donors (Lipinski definition) is 1. The maximum Gasteiger partial charge on any atom is 0.0594 e. The van der Waals surface area contributed by atoms with Crippen LogP contribution < -0.4 is 5.32 Å². The van der Waals surface area contributed by atoms with Gasteiger partial charge in [-0.3, -0.25) is 4.90 Å². The Morgan fingerprint density at radius 3 is 2.62 bits per heavy atom. The summed E-state index contributed by atoms with van der Waals surface area (Å²) in [5, 5.41) is 6.05. The number of ether oxygens (including phenoxy) is 1. The van der Waals surface area contributed by atoms with Crippen LogP contribution in [0.25, 0.3) is 0 Å². The summed E-state index contributed by atoms with van der Waals surface area (Å²) in [6.07, 6.45) is 2.31. The van der Waals surface area contributed by atoms with Crippen molar-refractivity contribution in [1.29, 1.82) is 0 Å². The Hall–Kier alpha value is -0.420. The SMILES string of the molecule is CCCNC(c1ccsc1C)C(C)(CC)N1CCOCC1. The first-order valence-electron chi connectivity index (χ1n) is 8.23. The Morgan fingerprint density at radius 1 is 1.38 bits per heavy atom. The largest absolute Gasteiger partial charge is 0.379 e. The molecule has 4 heteroatoms. The highest BCUT2D eigenvalue weighted by molar-refractivity contribution is 7.10. The van der Waals surface area contributed by atoms with Crippen molar-refractivity contribution >= 4 is 11.3 Å². The van der Waals surface area contributed by atoms with Crippen LogP contribution in [0.2, 0.25) is 0 Å². The minimum atomic E-state index is 0.144. The Morgan fingerprint density at radius 2 is 2.10 bits per heavy atom. The molecule has 0 spiro atoms. The summed E-state index contributed by atoms with van der Waals surface area (Å²) in [4.78, 5) is 4.07. The fourth-order valence-corrected chi connectivity index (χ4v) is 4.07. The fourth-order valence-electron chi connectivity index (χ4n) is 3.33. The molecule has 1 fully saturated rings. The standard InChI is InChI=1S/C17H30N2OS/c1-5-8-18-16(15-7-13-21-14(15)3)17(4,6-2)19-9-11-20-12-10-19/h7,13,16,18H,5-6,8-12H2,1-4H3. The molecule has 0 aliphatic carbocycles. The highest BCUT2D eigenvalue weighted by Crippen LogP contribution is 2.37. The van der Waals surface area contributed by atoms with E-state index in [1.807, 2.05) is 11.3 Å². The Bertz CT molecular complexity index is 428. The van der Waals surface area contributed by atoms with Crippen molar-refractivity contribution in [3.05, 3.63) is 21.9 Å². The van der Waals surface area contributed by atoms with Gasteiger partial charge in [-0.05, 0) is 50.2 Å². The molecule has 0 bridgehead atoms. The lowest BCUT2D eigenvalue weighted by atomic mass is 9.82. The molecule has 0 aromatic carbocycles. The number of aryl methyl sites for hydroxylation is 1. The van der Waals surface area contributed by atoms with E-state index in [1.165, 1.54) is 16.9 Å².